The normalized spacial score (nSPS) is 30.2. The fourth-order valence-electron chi connectivity index (χ4n) is 3.90. The number of carbonyl (C=O) groups is 2. The predicted octanol–water partition coefficient (Wildman–Crippen LogP) is 2.52. The molecule has 5 nitrogen and oxygen atoms in total. The van der Waals surface area contributed by atoms with Crippen molar-refractivity contribution in [3.8, 4) is 0 Å². The van der Waals surface area contributed by atoms with E-state index in [4.69, 9.17) is 9.47 Å². The third-order valence-electron chi connectivity index (χ3n) is 5.14. The molecular weight excluding hydrogens is 306 g/mol. The number of methoxy groups -OCH3 is 1. The highest BCUT2D eigenvalue weighted by molar-refractivity contribution is 5.91. The summed E-state index contributed by atoms with van der Waals surface area (Å²) in [5, 5.41) is 0. The maximum Gasteiger partial charge on any atom is 0.331 e. The van der Waals surface area contributed by atoms with Crippen LogP contribution in [-0.4, -0.2) is 30.1 Å². The number of rotatable bonds is 3. The van der Waals surface area contributed by atoms with Crippen LogP contribution < -0.4 is 0 Å². The lowest BCUT2D eigenvalue weighted by Crippen LogP contribution is -2.64. The number of fused-ring (bicyclic) bond motifs is 4. The second-order valence-corrected chi connectivity index (χ2v) is 6.49. The molecule has 0 N–H and O–H groups in total. The highest BCUT2D eigenvalue weighted by atomic mass is 16.5. The average Bonchev–Trinajstić information content (AvgIpc) is 2.55. The number of aromatic nitrogens is 1. The number of nitrogens with zero attached hydrogens (tertiary/aromatic N) is 1. The van der Waals surface area contributed by atoms with E-state index >= 15 is 0 Å². The van der Waals surface area contributed by atoms with Gasteiger partial charge < -0.3 is 9.47 Å². The summed E-state index contributed by atoms with van der Waals surface area (Å²) < 4.78 is 10.6. The highest BCUT2D eigenvalue weighted by Crippen LogP contribution is 2.61. The zero-order valence-corrected chi connectivity index (χ0v) is 14.3. The second kappa shape index (κ2) is 5.58. The third kappa shape index (κ3) is 2.04. The molecule has 5 heteroatoms. The van der Waals surface area contributed by atoms with Gasteiger partial charge in [-0.2, -0.15) is 0 Å². The van der Waals surface area contributed by atoms with Crippen molar-refractivity contribution < 1.29 is 19.1 Å². The lowest BCUT2D eigenvalue weighted by atomic mass is 9.45. The first kappa shape index (κ1) is 16.4. The molecule has 0 bridgehead atoms. The van der Waals surface area contributed by atoms with Crippen molar-refractivity contribution >= 4 is 11.9 Å². The molecule has 0 unspecified atom stereocenters. The smallest absolute Gasteiger partial charge is 0.331 e. The number of esters is 2. The molecule has 2 aliphatic rings. The number of ether oxygens (including phenoxy) is 2. The fraction of sp³-hybridized carbons (Fsp3) is 0.421. The van der Waals surface area contributed by atoms with Crippen LogP contribution >= 0.6 is 0 Å². The SMILES string of the molecule is C/C=C/C(=O)O[C@@H]1C=C[C@@]2(C)c3ccc(C)nc3[C@@]2(C(=O)OC)C1. The molecule has 0 spiro atoms. The van der Waals surface area contributed by atoms with E-state index in [1.807, 2.05) is 38.1 Å². The summed E-state index contributed by atoms with van der Waals surface area (Å²) in [5.74, 6) is -0.764. The summed E-state index contributed by atoms with van der Waals surface area (Å²) in [6.07, 6.45) is 6.63. The summed E-state index contributed by atoms with van der Waals surface area (Å²) in [7, 11) is 1.38. The first-order chi connectivity index (χ1) is 11.4. The van der Waals surface area contributed by atoms with Gasteiger partial charge in [-0.05, 0) is 31.6 Å². The van der Waals surface area contributed by atoms with Crippen LogP contribution in [0.3, 0.4) is 0 Å². The zero-order chi connectivity index (χ0) is 17.5. The molecule has 0 amide bonds. The van der Waals surface area contributed by atoms with Crippen LogP contribution in [0.1, 0.15) is 37.2 Å². The van der Waals surface area contributed by atoms with Crippen molar-refractivity contribution in [3.63, 3.8) is 0 Å². The van der Waals surface area contributed by atoms with E-state index in [9.17, 15) is 9.59 Å². The van der Waals surface area contributed by atoms with Crippen molar-refractivity contribution in [1.29, 1.82) is 0 Å². The average molecular weight is 327 g/mol. The van der Waals surface area contributed by atoms with E-state index in [1.54, 1.807) is 13.0 Å². The quantitative estimate of drug-likeness (QED) is 0.485. The lowest BCUT2D eigenvalue weighted by Gasteiger charge is -2.57. The Morgan fingerprint density at radius 3 is 2.79 bits per heavy atom. The summed E-state index contributed by atoms with van der Waals surface area (Å²) in [4.78, 5) is 29.1. The molecule has 2 aliphatic carbocycles. The van der Waals surface area contributed by atoms with Gasteiger partial charge in [0.1, 0.15) is 11.5 Å². The fourth-order valence-corrected chi connectivity index (χ4v) is 3.90. The van der Waals surface area contributed by atoms with E-state index in [1.165, 1.54) is 13.2 Å². The Balaban J connectivity index is 2.05. The molecule has 24 heavy (non-hydrogen) atoms. The number of hydrogen-bond donors (Lipinski definition) is 0. The van der Waals surface area contributed by atoms with Gasteiger partial charge in [0.25, 0.3) is 0 Å². The van der Waals surface area contributed by atoms with Crippen LogP contribution in [0.25, 0.3) is 0 Å². The maximum atomic E-state index is 12.7. The number of pyridine rings is 1. The molecule has 0 aromatic carbocycles. The second-order valence-electron chi connectivity index (χ2n) is 6.49. The Bertz CT molecular complexity index is 767. The Morgan fingerprint density at radius 2 is 2.12 bits per heavy atom. The van der Waals surface area contributed by atoms with Crippen molar-refractivity contribution in [2.45, 2.75) is 44.1 Å². The maximum absolute atomic E-state index is 12.7. The Morgan fingerprint density at radius 1 is 1.38 bits per heavy atom. The van der Waals surface area contributed by atoms with Crippen molar-refractivity contribution in [3.05, 3.63) is 53.4 Å². The van der Waals surface area contributed by atoms with Gasteiger partial charge in [-0.25, -0.2) is 4.79 Å². The molecule has 1 heterocycles. The van der Waals surface area contributed by atoms with Gasteiger partial charge in [0, 0.05) is 23.6 Å². The molecule has 0 saturated heterocycles. The zero-order valence-electron chi connectivity index (χ0n) is 14.3. The number of allylic oxidation sites excluding steroid dienone is 2. The minimum absolute atomic E-state index is 0.333. The molecule has 3 atom stereocenters. The van der Waals surface area contributed by atoms with E-state index in [0.717, 1.165) is 17.0 Å². The standard InChI is InChI=1S/C19H21NO4/c1-5-6-15(21)24-13-9-10-18(3)14-8-7-12(2)20-16(14)19(18,11-13)17(22)23-4/h5-10,13H,11H2,1-4H3/b6-5+/t13-,18+,19-/m1/s1. The van der Waals surface area contributed by atoms with Gasteiger partial charge in [-0.1, -0.05) is 25.1 Å². The monoisotopic (exact) mass is 327 g/mol. The largest absolute Gasteiger partial charge is 0.468 e. The summed E-state index contributed by atoms with van der Waals surface area (Å²) in [6.45, 7) is 5.65. The number of carbonyl (C=O) groups excluding carboxylic acids is 2. The van der Waals surface area contributed by atoms with Gasteiger partial charge in [0.05, 0.1) is 12.8 Å². The lowest BCUT2D eigenvalue weighted by molar-refractivity contribution is -0.157. The van der Waals surface area contributed by atoms with Crippen LogP contribution in [0.2, 0.25) is 0 Å². The topological polar surface area (TPSA) is 65.5 Å². The van der Waals surface area contributed by atoms with Crippen molar-refractivity contribution in [2.75, 3.05) is 7.11 Å². The molecule has 0 radical (unpaired) electrons. The van der Waals surface area contributed by atoms with Crippen LogP contribution in [-0.2, 0) is 29.9 Å². The number of hydrogen-bond acceptors (Lipinski definition) is 5. The van der Waals surface area contributed by atoms with Gasteiger partial charge in [0.2, 0.25) is 0 Å². The minimum Gasteiger partial charge on any atom is -0.468 e. The van der Waals surface area contributed by atoms with E-state index in [-0.39, 0.29) is 5.97 Å². The van der Waals surface area contributed by atoms with E-state index in [0.29, 0.717) is 6.42 Å². The molecule has 3 rings (SSSR count). The molecule has 1 aromatic rings. The third-order valence-corrected chi connectivity index (χ3v) is 5.14. The highest BCUT2D eigenvalue weighted by Gasteiger charge is 2.68. The van der Waals surface area contributed by atoms with Crippen LogP contribution in [0.5, 0.6) is 0 Å². The Labute approximate surface area is 141 Å². The van der Waals surface area contributed by atoms with Gasteiger partial charge >= 0.3 is 11.9 Å². The molecular formula is C19H21NO4. The molecule has 0 saturated carbocycles. The van der Waals surface area contributed by atoms with Gasteiger partial charge in [-0.3, -0.25) is 9.78 Å². The van der Waals surface area contributed by atoms with Gasteiger partial charge in [0.15, 0.2) is 0 Å². The summed E-state index contributed by atoms with van der Waals surface area (Å²) in [5.41, 5.74) is 1.18. The first-order valence-corrected chi connectivity index (χ1v) is 7.98. The Kier molecular flexibility index (Phi) is 3.82. The van der Waals surface area contributed by atoms with Crippen molar-refractivity contribution in [1.82, 2.24) is 4.98 Å². The first-order valence-electron chi connectivity index (χ1n) is 7.98. The van der Waals surface area contributed by atoms with Crippen molar-refractivity contribution in [2.24, 2.45) is 0 Å². The molecule has 0 aliphatic heterocycles. The summed E-state index contributed by atoms with van der Waals surface area (Å²) in [6, 6.07) is 3.95. The molecule has 1 aromatic heterocycles. The van der Waals surface area contributed by atoms with Crippen LogP contribution in [0.4, 0.5) is 0 Å². The molecule has 0 fully saturated rings. The van der Waals surface area contributed by atoms with Crippen LogP contribution in [0, 0.1) is 6.92 Å². The van der Waals surface area contributed by atoms with E-state index < -0.39 is 22.9 Å². The summed E-state index contributed by atoms with van der Waals surface area (Å²) >= 11 is 0. The predicted molar refractivity (Wildman–Crippen MR) is 88.5 cm³/mol. The molecule has 126 valence electrons. The Hall–Kier alpha value is -2.43. The minimum atomic E-state index is -0.918. The van der Waals surface area contributed by atoms with E-state index in [2.05, 4.69) is 4.98 Å². The van der Waals surface area contributed by atoms with Gasteiger partial charge in [-0.15, -0.1) is 0 Å². The number of aryl methyl sites for hydroxylation is 1. The van der Waals surface area contributed by atoms with Crippen LogP contribution in [0.15, 0.2) is 36.4 Å².